The van der Waals surface area contributed by atoms with E-state index >= 15 is 0 Å². The molecule has 0 bridgehead atoms. The molecule has 20 heavy (non-hydrogen) atoms. The highest BCUT2D eigenvalue weighted by atomic mass is 16.5. The van der Waals surface area contributed by atoms with Crippen molar-refractivity contribution in [3.63, 3.8) is 0 Å². The SMILES string of the molecule is COCc1nnc(C2CCN([C@H]3COC[C@H]3O)CC2)o1. The van der Waals surface area contributed by atoms with Gasteiger partial charge in [-0.1, -0.05) is 0 Å². The number of aliphatic hydroxyl groups is 1. The molecule has 2 saturated heterocycles. The predicted molar refractivity (Wildman–Crippen MR) is 69.2 cm³/mol. The summed E-state index contributed by atoms with van der Waals surface area (Å²) in [5.74, 6) is 1.55. The summed E-state index contributed by atoms with van der Waals surface area (Å²) in [6.45, 7) is 3.30. The molecular weight excluding hydrogens is 262 g/mol. The maximum Gasteiger partial charge on any atom is 0.242 e. The second-order valence-electron chi connectivity index (χ2n) is 5.45. The minimum Gasteiger partial charge on any atom is -0.422 e. The van der Waals surface area contributed by atoms with Crippen molar-refractivity contribution >= 4 is 0 Å². The summed E-state index contributed by atoms with van der Waals surface area (Å²) in [6.07, 6.45) is 1.58. The van der Waals surface area contributed by atoms with Crippen LogP contribution in [0.2, 0.25) is 0 Å². The molecular formula is C13H21N3O4. The molecule has 0 saturated carbocycles. The second-order valence-corrected chi connectivity index (χ2v) is 5.45. The molecule has 2 aliphatic rings. The number of ether oxygens (including phenoxy) is 2. The van der Waals surface area contributed by atoms with Crippen LogP contribution >= 0.6 is 0 Å². The van der Waals surface area contributed by atoms with Crippen LogP contribution in [0.4, 0.5) is 0 Å². The molecule has 112 valence electrons. The van der Waals surface area contributed by atoms with E-state index in [1.165, 1.54) is 0 Å². The van der Waals surface area contributed by atoms with Crippen LogP contribution in [0.1, 0.15) is 30.5 Å². The van der Waals surface area contributed by atoms with Crippen LogP contribution in [0.5, 0.6) is 0 Å². The van der Waals surface area contributed by atoms with Gasteiger partial charge in [0.2, 0.25) is 11.8 Å². The van der Waals surface area contributed by atoms with E-state index < -0.39 is 0 Å². The van der Waals surface area contributed by atoms with Gasteiger partial charge in [-0.15, -0.1) is 10.2 Å². The molecule has 2 fully saturated rings. The van der Waals surface area contributed by atoms with Crippen molar-refractivity contribution in [2.75, 3.05) is 33.4 Å². The van der Waals surface area contributed by atoms with Gasteiger partial charge >= 0.3 is 0 Å². The number of aromatic nitrogens is 2. The molecule has 3 heterocycles. The van der Waals surface area contributed by atoms with Gasteiger partial charge in [0, 0.05) is 13.0 Å². The monoisotopic (exact) mass is 283 g/mol. The van der Waals surface area contributed by atoms with Gasteiger partial charge < -0.3 is 19.0 Å². The molecule has 0 amide bonds. The van der Waals surface area contributed by atoms with E-state index in [9.17, 15) is 5.11 Å². The Morgan fingerprint density at radius 2 is 2.10 bits per heavy atom. The largest absolute Gasteiger partial charge is 0.422 e. The summed E-state index contributed by atoms with van der Waals surface area (Å²) in [4.78, 5) is 2.31. The lowest BCUT2D eigenvalue weighted by molar-refractivity contribution is 0.0638. The highest BCUT2D eigenvalue weighted by Crippen LogP contribution is 2.29. The van der Waals surface area contributed by atoms with Crippen molar-refractivity contribution in [3.05, 3.63) is 11.8 Å². The Morgan fingerprint density at radius 1 is 1.30 bits per heavy atom. The van der Waals surface area contributed by atoms with Crippen LogP contribution in [-0.2, 0) is 16.1 Å². The lowest BCUT2D eigenvalue weighted by atomic mass is 9.95. The predicted octanol–water partition coefficient (Wildman–Crippen LogP) is 0.155. The van der Waals surface area contributed by atoms with Gasteiger partial charge in [-0.25, -0.2) is 0 Å². The average Bonchev–Trinajstić information content (AvgIpc) is 3.09. The van der Waals surface area contributed by atoms with Crippen LogP contribution < -0.4 is 0 Å². The van der Waals surface area contributed by atoms with E-state index in [4.69, 9.17) is 13.9 Å². The third kappa shape index (κ3) is 2.85. The number of rotatable bonds is 4. The number of aliphatic hydroxyl groups excluding tert-OH is 1. The number of nitrogens with zero attached hydrogens (tertiary/aromatic N) is 3. The molecule has 1 aromatic rings. The molecule has 1 aromatic heterocycles. The van der Waals surface area contributed by atoms with E-state index in [0.29, 0.717) is 37.5 Å². The number of piperidine rings is 1. The molecule has 1 N–H and O–H groups in total. The first kappa shape index (κ1) is 13.9. The van der Waals surface area contributed by atoms with Gasteiger partial charge in [0.05, 0.1) is 25.4 Å². The first-order chi connectivity index (χ1) is 9.78. The maximum absolute atomic E-state index is 9.87. The summed E-state index contributed by atoms with van der Waals surface area (Å²) in [5, 5.41) is 17.9. The number of likely N-dealkylation sites (tertiary alicyclic amines) is 1. The fourth-order valence-corrected chi connectivity index (χ4v) is 2.97. The van der Waals surface area contributed by atoms with Crippen LogP contribution in [0.25, 0.3) is 0 Å². The summed E-state index contributed by atoms with van der Waals surface area (Å²) in [5.41, 5.74) is 0. The van der Waals surface area contributed by atoms with Crippen molar-refractivity contribution in [2.24, 2.45) is 0 Å². The van der Waals surface area contributed by atoms with Gasteiger partial charge in [0.25, 0.3) is 0 Å². The third-order valence-corrected chi connectivity index (χ3v) is 4.12. The molecule has 2 atom stereocenters. The van der Waals surface area contributed by atoms with Crippen molar-refractivity contribution in [3.8, 4) is 0 Å². The lowest BCUT2D eigenvalue weighted by Crippen LogP contribution is -2.46. The Labute approximate surface area is 117 Å². The normalized spacial score (nSPS) is 29.1. The Hall–Kier alpha value is -1.02. The highest BCUT2D eigenvalue weighted by molar-refractivity contribution is 4.96. The minimum absolute atomic E-state index is 0.141. The molecule has 7 nitrogen and oxygen atoms in total. The van der Waals surface area contributed by atoms with Crippen LogP contribution in [0.15, 0.2) is 4.42 Å². The van der Waals surface area contributed by atoms with E-state index in [1.54, 1.807) is 7.11 Å². The summed E-state index contributed by atoms with van der Waals surface area (Å²) in [6, 6.07) is 0.141. The third-order valence-electron chi connectivity index (χ3n) is 4.12. The molecule has 2 aliphatic heterocycles. The van der Waals surface area contributed by atoms with Gasteiger partial charge in [0.1, 0.15) is 6.61 Å². The fourth-order valence-electron chi connectivity index (χ4n) is 2.97. The van der Waals surface area contributed by atoms with Crippen molar-refractivity contribution in [2.45, 2.75) is 37.5 Å². The first-order valence-corrected chi connectivity index (χ1v) is 7.09. The van der Waals surface area contributed by atoms with Gasteiger partial charge in [0.15, 0.2) is 0 Å². The summed E-state index contributed by atoms with van der Waals surface area (Å²) < 4.78 is 15.9. The van der Waals surface area contributed by atoms with Crippen molar-refractivity contribution in [1.82, 2.24) is 15.1 Å². The zero-order chi connectivity index (χ0) is 13.9. The van der Waals surface area contributed by atoms with Gasteiger partial charge in [-0.05, 0) is 25.9 Å². The first-order valence-electron chi connectivity index (χ1n) is 7.09. The zero-order valence-corrected chi connectivity index (χ0v) is 11.7. The second kappa shape index (κ2) is 6.17. The summed E-state index contributed by atoms with van der Waals surface area (Å²) >= 11 is 0. The van der Waals surface area contributed by atoms with Gasteiger partial charge in [-0.2, -0.15) is 0 Å². The smallest absolute Gasteiger partial charge is 0.242 e. The van der Waals surface area contributed by atoms with E-state index in [0.717, 1.165) is 25.9 Å². The molecule has 3 rings (SSSR count). The van der Waals surface area contributed by atoms with E-state index in [-0.39, 0.29) is 12.1 Å². The molecule has 0 radical (unpaired) electrons. The quantitative estimate of drug-likeness (QED) is 0.842. The minimum atomic E-state index is -0.358. The molecule has 0 aromatic carbocycles. The van der Waals surface area contributed by atoms with Crippen LogP contribution in [0, 0.1) is 0 Å². The average molecular weight is 283 g/mol. The molecule has 0 aliphatic carbocycles. The Bertz CT molecular complexity index is 431. The number of hydrogen-bond donors (Lipinski definition) is 1. The summed E-state index contributed by atoms with van der Waals surface area (Å²) in [7, 11) is 1.61. The Morgan fingerprint density at radius 3 is 2.75 bits per heavy atom. The Balaban J connectivity index is 1.55. The Kier molecular flexibility index (Phi) is 4.30. The molecule has 0 unspecified atom stereocenters. The maximum atomic E-state index is 9.87. The zero-order valence-electron chi connectivity index (χ0n) is 11.7. The fraction of sp³-hybridized carbons (Fsp3) is 0.846. The van der Waals surface area contributed by atoms with Crippen molar-refractivity contribution in [1.29, 1.82) is 0 Å². The standard InChI is InChI=1S/C13H21N3O4/c1-18-8-12-14-15-13(20-12)9-2-4-16(5-3-9)10-6-19-7-11(10)17/h9-11,17H,2-8H2,1H3/t10-,11+/m0/s1. The van der Waals surface area contributed by atoms with Gasteiger partial charge in [-0.3, -0.25) is 4.90 Å². The highest BCUT2D eigenvalue weighted by Gasteiger charge is 2.35. The van der Waals surface area contributed by atoms with Crippen LogP contribution in [-0.4, -0.2) is 65.8 Å². The number of methoxy groups -OCH3 is 1. The number of hydrogen-bond acceptors (Lipinski definition) is 7. The molecule has 7 heteroatoms. The van der Waals surface area contributed by atoms with E-state index in [2.05, 4.69) is 15.1 Å². The van der Waals surface area contributed by atoms with E-state index in [1.807, 2.05) is 0 Å². The molecule has 0 spiro atoms. The lowest BCUT2D eigenvalue weighted by Gasteiger charge is -2.35. The van der Waals surface area contributed by atoms with Crippen molar-refractivity contribution < 1.29 is 19.0 Å². The topological polar surface area (TPSA) is 80.9 Å². The van der Waals surface area contributed by atoms with Crippen LogP contribution in [0.3, 0.4) is 0 Å².